The Labute approximate surface area is 144 Å². The molecular weight excluding hydrogens is 296 g/mol. The molecule has 0 aromatic rings. The molecule has 0 aliphatic rings. The van der Waals surface area contributed by atoms with E-state index in [-0.39, 0.29) is 5.88 Å². The van der Waals surface area contributed by atoms with Gasteiger partial charge >= 0.3 is 0 Å². The van der Waals surface area contributed by atoms with E-state index >= 15 is 0 Å². The van der Waals surface area contributed by atoms with Crippen molar-refractivity contribution >= 4 is 11.6 Å². The van der Waals surface area contributed by atoms with Crippen molar-refractivity contribution in [3.05, 3.63) is 0 Å². The Hall–Kier alpha value is 0.210. The van der Waals surface area contributed by atoms with Crippen LogP contribution in [-0.2, 0) is 4.74 Å². The van der Waals surface area contributed by atoms with Gasteiger partial charge in [0.25, 0.3) is 0 Å². The molecule has 0 bridgehead atoms. The third-order valence-corrected chi connectivity index (χ3v) is 4.63. The van der Waals surface area contributed by atoms with Crippen LogP contribution in [0.4, 0.5) is 0 Å². The maximum Gasteiger partial charge on any atom is 0.0908 e. The van der Waals surface area contributed by atoms with Crippen molar-refractivity contribution in [1.82, 2.24) is 0 Å². The lowest BCUT2D eigenvalue weighted by molar-refractivity contribution is 0.0269. The standard InChI is InChI=1S/C19H39ClO2/c1-3-5-7-9-10-12-14-18(13-11-8-6-4-2)16-22-17-19(21)15-20/h18-19,21H,3-17H2,1-2H3/t18-,19-/m1/s1. The smallest absolute Gasteiger partial charge is 0.0908 e. The molecule has 0 aliphatic heterocycles. The average molecular weight is 335 g/mol. The minimum Gasteiger partial charge on any atom is -0.389 e. The van der Waals surface area contributed by atoms with E-state index in [2.05, 4.69) is 13.8 Å². The number of unbranched alkanes of at least 4 members (excludes halogenated alkanes) is 8. The summed E-state index contributed by atoms with van der Waals surface area (Å²) in [6.07, 6.45) is 15.5. The Morgan fingerprint density at radius 3 is 1.82 bits per heavy atom. The average Bonchev–Trinajstić information content (AvgIpc) is 2.53. The molecule has 2 atom stereocenters. The van der Waals surface area contributed by atoms with Gasteiger partial charge in [-0.2, -0.15) is 0 Å². The van der Waals surface area contributed by atoms with Gasteiger partial charge in [-0.3, -0.25) is 0 Å². The highest BCUT2D eigenvalue weighted by Gasteiger charge is 2.10. The number of aliphatic hydroxyl groups is 1. The van der Waals surface area contributed by atoms with E-state index in [4.69, 9.17) is 16.3 Å². The second-order valence-corrected chi connectivity index (χ2v) is 6.93. The van der Waals surface area contributed by atoms with E-state index in [1.165, 1.54) is 77.0 Å². The quantitative estimate of drug-likeness (QED) is 0.263. The summed E-state index contributed by atoms with van der Waals surface area (Å²) in [5.74, 6) is 0.920. The summed E-state index contributed by atoms with van der Waals surface area (Å²) >= 11 is 5.60. The molecule has 0 unspecified atom stereocenters. The molecule has 0 saturated carbocycles. The molecule has 1 N–H and O–H groups in total. The molecule has 3 heteroatoms. The normalized spacial score (nSPS) is 14.2. The van der Waals surface area contributed by atoms with Gasteiger partial charge < -0.3 is 9.84 Å². The molecule has 0 saturated heterocycles. The second-order valence-electron chi connectivity index (χ2n) is 6.62. The van der Waals surface area contributed by atoms with Gasteiger partial charge in [0, 0.05) is 6.61 Å². The Balaban J connectivity index is 3.79. The topological polar surface area (TPSA) is 29.5 Å². The summed E-state index contributed by atoms with van der Waals surface area (Å²) < 4.78 is 5.67. The van der Waals surface area contributed by atoms with Crippen LogP contribution in [0.1, 0.15) is 90.9 Å². The van der Waals surface area contributed by atoms with Gasteiger partial charge in [-0.15, -0.1) is 11.6 Å². The Morgan fingerprint density at radius 2 is 1.27 bits per heavy atom. The third-order valence-electron chi connectivity index (χ3n) is 4.27. The molecule has 0 aromatic heterocycles. The predicted molar refractivity (Wildman–Crippen MR) is 97.8 cm³/mol. The van der Waals surface area contributed by atoms with Crippen LogP contribution < -0.4 is 0 Å². The minimum absolute atomic E-state index is 0.262. The van der Waals surface area contributed by atoms with Crippen LogP contribution in [0.3, 0.4) is 0 Å². The van der Waals surface area contributed by atoms with E-state index < -0.39 is 6.10 Å². The van der Waals surface area contributed by atoms with Crippen LogP contribution in [0.25, 0.3) is 0 Å². The second kappa shape index (κ2) is 17.6. The third kappa shape index (κ3) is 15.1. The van der Waals surface area contributed by atoms with Crippen LogP contribution in [0.2, 0.25) is 0 Å². The lowest BCUT2D eigenvalue weighted by Crippen LogP contribution is -2.20. The Morgan fingerprint density at radius 1 is 0.773 bits per heavy atom. The van der Waals surface area contributed by atoms with Gasteiger partial charge in [0.15, 0.2) is 0 Å². The molecule has 2 nitrogen and oxygen atoms in total. The fourth-order valence-corrected chi connectivity index (χ4v) is 2.89. The van der Waals surface area contributed by atoms with E-state index in [0.717, 1.165) is 6.61 Å². The van der Waals surface area contributed by atoms with E-state index in [0.29, 0.717) is 12.5 Å². The van der Waals surface area contributed by atoms with E-state index in [1.807, 2.05) is 0 Å². The molecule has 0 rings (SSSR count). The molecular formula is C19H39ClO2. The van der Waals surface area contributed by atoms with Gasteiger partial charge in [0.05, 0.1) is 18.6 Å². The summed E-state index contributed by atoms with van der Waals surface area (Å²) in [5.41, 5.74) is 0. The van der Waals surface area contributed by atoms with Gasteiger partial charge in [0.2, 0.25) is 0 Å². The van der Waals surface area contributed by atoms with Gasteiger partial charge in [0.1, 0.15) is 0 Å². The molecule has 0 radical (unpaired) electrons. The number of aliphatic hydroxyl groups excluding tert-OH is 1. The summed E-state index contributed by atoms with van der Waals surface area (Å²) in [6, 6.07) is 0. The summed E-state index contributed by atoms with van der Waals surface area (Å²) in [4.78, 5) is 0. The number of ether oxygens (including phenoxy) is 1. The van der Waals surface area contributed by atoms with E-state index in [1.54, 1.807) is 0 Å². The molecule has 0 aliphatic carbocycles. The highest BCUT2D eigenvalue weighted by atomic mass is 35.5. The Bertz CT molecular complexity index is 212. The largest absolute Gasteiger partial charge is 0.389 e. The first kappa shape index (κ1) is 22.2. The number of rotatable bonds is 17. The lowest BCUT2D eigenvalue weighted by atomic mass is 9.95. The van der Waals surface area contributed by atoms with Crippen LogP contribution in [0.5, 0.6) is 0 Å². The molecule has 134 valence electrons. The number of hydrogen-bond donors (Lipinski definition) is 1. The molecule has 0 spiro atoms. The first-order chi connectivity index (χ1) is 10.7. The summed E-state index contributed by atoms with van der Waals surface area (Å²) in [6.45, 7) is 5.68. The van der Waals surface area contributed by atoms with Crippen molar-refractivity contribution in [3.8, 4) is 0 Å². The highest BCUT2D eigenvalue weighted by Crippen LogP contribution is 2.19. The fraction of sp³-hybridized carbons (Fsp3) is 1.00. The fourth-order valence-electron chi connectivity index (χ4n) is 2.80. The van der Waals surface area contributed by atoms with Gasteiger partial charge in [-0.25, -0.2) is 0 Å². The van der Waals surface area contributed by atoms with Crippen molar-refractivity contribution in [3.63, 3.8) is 0 Å². The molecule has 0 amide bonds. The first-order valence-electron chi connectivity index (χ1n) is 9.56. The maximum atomic E-state index is 9.46. The predicted octanol–water partition coefficient (Wildman–Crippen LogP) is 5.94. The maximum absolute atomic E-state index is 9.46. The number of hydrogen-bond acceptors (Lipinski definition) is 2. The van der Waals surface area contributed by atoms with Crippen molar-refractivity contribution in [1.29, 1.82) is 0 Å². The van der Waals surface area contributed by atoms with Crippen molar-refractivity contribution < 1.29 is 9.84 Å². The number of halogens is 1. The number of alkyl halides is 1. The summed E-state index contributed by atoms with van der Waals surface area (Å²) in [7, 11) is 0. The molecule has 0 heterocycles. The van der Waals surface area contributed by atoms with Gasteiger partial charge in [-0.05, 0) is 18.8 Å². The minimum atomic E-state index is -0.517. The zero-order valence-electron chi connectivity index (χ0n) is 15.0. The van der Waals surface area contributed by atoms with Crippen molar-refractivity contribution in [2.45, 2.75) is 97.0 Å². The van der Waals surface area contributed by atoms with Crippen LogP contribution >= 0.6 is 11.6 Å². The van der Waals surface area contributed by atoms with Gasteiger partial charge in [-0.1, -0.05) is 78.1 Å². The van der Waals surface area contributed by atoms with Crippen LogP contribution in [0, 0.1) is 5.92 Å². The van der Waals surface area contributed by atoms with Crippen LogP contribution in [0.15, 0.2) is 0 Å². The zero-order valence-corrected chi connectivity index (χ0v) is 15.8. The van der Waals surface area contributed by atoms with E-state index in [9.17, 15) is 5.11 Å². The Kier molecular flexibility index (Phi) is 17.7. The molecule has 0 fully saturated rings. The SMILES string of the molecule is CCCCCCCC[C@@H](CCCCCC)COC[C@H](O)CCl. The van der Waals surface area contributed by atoms with Crippen LogP contribution in [-0.4, -0.2) is 30.3 Å². The molecule has 0 aromatic carbocycles. The zero-order chi connectivity index (χ0) is 16.5. The van der Waals surface area contributed by atoms with Crippen molar-refractivity contribution in [2.24, 2.45) is 5.92 Å². The summed E-state index contributed by atoms with van der Waals surface area (Å²) in [5, 5.41) is 9.46. The highest BCUT2D eigenvalue weighted by molar-refractivity contribution is 6.18. The molecule has 22 heavy (non-hydrogen) atoms. The first-order valence-corrected chi connectivity index (χ1v) is 10.1. The van der Waals surface area contributed by atoms with Crippen molar-refractivity contribution in [2.75, 3.05) is 19.1 Å². The monoisotopic (exact) mass is 334 g/mol. The lowest BCUT2D eigenvalue weighted by Gasteiger charge is -2.18.